The van der Waals surface area contributed by atoms with Gasteiger partial charge in [0.2, 0.25) is 0 Å². The summed E-state index contributed by atoms with van der Waals surface area (Å²) in [6.07, 6.45) is 1.51. The van der Waals surface area contributed by atoms with Crippen LogP contribution in [-0.4, -0.2) is 66.9 Å². The van der Waals surface area contributed by atoms with Crippen molar-refractivity contribution in [2.45, 2.75) is 58.7 Å². The fraction of sp³-hybridized carbons (Fsp3) is 0.938. The summed E-state index contributed by atoms with van der Waals surface area (Å²) in [7, 11) is 1.78. The van der Waals surface area contributed by atoms with Crippen LogP contribution in [0.2, 0.25) is 0 Å². The van der Waals surface area contributed by atoms with E-state index in [4.69, 9.17) is 9.47 Å². The van der Waals surface area contributed by atoms with Crippen molar-refractivity contribution in [1.82, 2.24) is 9.80 Å². The van der Waals surface area contributed by atoms with E-state index in [1.54, 1.807) is 12.0 Å². The summed E-state index contributed by atoms with van der Waals surface area (Å²) < 4.78 is 11.3. The van der Waals surface area contributed by atoms with Gasteiger partial charge >= 0.3 is 6.09 Å². The Bertz CT molecular complexity index is 327. The SMILES string of the molecule is CCN(CC)CC1(OC)CCN(C(=O)OC(C)(C)C)CC1. The zero-order chi connectivity index (χ0) is 16.1. The Labute approximate surface area is 129 Å². The molecule has 0 unspecified atom stereocenters. The maximum Gasteiger partial charge on any atom is 0.410 e. The van der Waals surface area contributed by atoms with Gasteiger partial charge in [-0.05, 0) is 46.7 Å². The summed E-state index contributed by atoms with van der Waals surface area (Å²) >= 11 is 0. The third-order valence-electron chi connectivity index (χ3n) is 4.17. The van der Waals surface area contributed by atoms with Crippen LogP contribution in [0.5, 0.6) is 0 Å². The molecule has 0 atom stereocenters. The topological polar surface area (TPSA) is 42.0 Å². The third-order valence-corrected chi connectivity index (χ3v) is 4.17. The molecule has 0 bridgehead atoms. The van der Waals surface area contributed by atoms with Crippen LogP contribution in [-0.2, 0) is 9.47 Å². The average Bonchev–Trinajstić information content (AvgIpc) is 2.43. The number of piperidine rings is 1. The average molecular weight is 300 g/mol. The van der Waals surface area contributed by atoms with E-state index in [1.165, 1.54) is 0 Å². The van der Waals surface area contributed by atoms with E-state index in [2.05, 4.69) is 18.7 Å². The van der Waals surface area contributed by atoms with Crippen molar-refractivity contribution in [3.8, 4) is 0 Å². The maximum absolute atomic E-state index is 12.1. The van der Waals surface area contributed by atoms with E-state index in [9.17, 15) is 4.79 Å². The van der Waals surface area contributed by atoms with Crippen molar-refractivity contribution in [3.05, 3.63) is 0 Å². The lowest BCUT2D eigenvalue weighted by atomic mass is 9.90. The van der Waals surface area contributed by atoms with Crippen LogP contribution in [0.1, 0.15) is 47.5 Å². The Hall–Kier alpha value is -0.810. The van der Waals surface area contributed by atoms with Gasteiger partial charge in [-0.25, -0.2) is 4.79 Å². The number of ether oxygens (including phenoxy) is 2. The van der Waals surface area contributed by atoms with Crippen LogP contribution in [0.4, 0.5) is 4.79 Å². The maximum atomic E-state index is 12.1. The molecule has 0 aromatic heterocycles. The fourth-order valence-electron chi connectivity index (χ4n) is 2.70. The van der Waals surface area contributed by atoms with Gasteiger partial charge in [0, 0.05) is 26.7 Å². The molecule has 1 aliphatic heterocycles. The minimum Gasteiger partial charge on any atom is -0.444 e. The second-order valence-electron chi connectivity index (χ2n) is 6.82. The van der Waals surface area contributed by atoms with Crippen molar-refractivity contribution in [1.29, 1.82) is 0 Å². The molecule has 0 aliphatic carbocycles. The molecular formula is C16H32N2O3. The Kier molecular flexibility index (Phi) is 6.47. The van der Waals surface area contributed by atoms with Crippen LogP contribution in [0, 0.1) is 0 Å². The van der Waals surface area contributed by atoms with Gasteiger partial charge in [0.15, 0.2) is 0 Å². The first-order chi connectivity index (χ1) is 9.75. The highest BCUT2D eigenvalue weighted by molar-refractivity contribution is 5.68. The zero-order valence-electron chi connectivity index (χ0n) is 14.6. The largest absolute Gasteiger partial charge is 0.444 e. The normalized spacial score (nSPS) is 18.9. The number of methoxy groups -OCH3 is 1. The lowest BCUT2D eigenvalue weighted by molar-refractivity contribution is -0.0764. The second-order valence-corrected chi connectivity index (χ2v) is 6.82. The highest BCUT2D eigenvalue weighted by Gasteiger charge is 2.38. The molecule has 1 aliphatic rings. The second kappa shape index (κ2) is 7.45. The predicted octanol–water partition coefficient (Wildman–Crippen LogP) is 2.74. The highest BCUT2D eigenvalue weighted by Crippen LogP contribution is 2.28. The molecule has 0 radical (unpaired) electrons. The van der Waals surface area contributed by atoms with Crippen LogP contribution in [0.25, 0.3) is 0 Å². The Morgan fingerprint density at radius 1 is 1.19 bits per heavy atom. The molecule has 0 saturated carbocycles. The molecule has 0 aromatic rings. The minimum atomic E-state index is -0.436. The van der Waals surface area contributed by atoms with Crippen molar-refractivity contribution in [2.24, 2.45) is 0 Å². The third kappa shape index (κ3) is 5.47. The van der Waals surface area contributed by atoms with Crippen LogP contribution in [0.3, 0.4) is 0 Å². The Morgan fingerprint density at radius 2 is 1.71 bits per heavy atom. The number of carbonyl (C=O) groups excluding carboxylic acids is 1. The molecule has 5 nitrogen and oxygen atoms in total. The number of carbonyl (C=O) groups is 1. The molecule has 1 fully saturated rings. The number of hydrogen-bond donors (Lipinski definition) is 0. The van der Waals surface area contributed by atoms with E-state index >= 15 is 0 Å². The quantitative estimate of drug-likeness (QED) is 0.783. The summed E-state index contributed by atoms with van der Waals surface area (Å²) in [6.45, 7) is 14.4. The van der Waals surface area contributed by atoms with Crippen molar-refractivity contribution in [2.75, 3.05) is 39.8 Å². The number of amides is 1. The Morgan fingerprint density at radius 3 is 2.10 bits per heavy atom. The number of hydrogen-bond acceptors (Lipinski definition) is 4. The highest BCUT2D eigenvalue weighted by atomic mass is 16.6. The van der Waals surface area contributed by atoms with Gasteiger partial charge in [-0.15, -0.1) is 0 Å². The number of nitrogens with zero attached hydrogens (tertiary/aromatic N) is 2. The van der Waals surface area contributed by atoms with E-state index < -0.39 is 5.60 Å². The molecule has 0 spiro atoms. The molecule has 21 heavy (non-hydrogen) atoms. The molecule has 0 N–H and O–H groups in total. The molecule has 1 rings (SSSR count). The monoisotopic (exact) mass is 300 g/mol. The first-order valence-electron chi connectivity index (χ1n) is 8.00. The van der Waals surface area contributed by atoms with Crippen molar-refractivity contribution in [3.63, 3.8) is 0 Å². The zero-order valence-corrected chi connectivity index (χ0v) is 14.6. The lowest BCUT2D eigenvalue weighted by Crippen LogP contribution is -2.53. The molecule has 1 amide bonds. The molecular weight excluding hydrogens is 268 g/mol. The first-order valence-corrected chi connectivity index (χ1v) is 8.00. The van der Waals surface area contributed by atoms with Crippen LogP contribution >= 0.6 is 0 Å². The van der Waals surface area contributed by atoms with Gasteiger partial charge in [-0.3, -0.25) is 0 Å². The minimum absolute atomic E-state index is 0.134. The molecule has 1 saturated heterocycles. The van der Waals surface area contributed by atoms with Gasteiger partial charge in [0.1, 0.15) is 5.60 Å². The van der Waals surface area contributed by atoms with Gasteiger partial charge in [0.25, 0.3) is 0 Å². The van der Waals surface area contributed by atoms with Gasteiger partial charge in [0.05, 0.1) is 5.60 Å². The Balaban J connectivity index is 2.57. The van der Waals surface area contributed by atoms with E-state index in [0.717, 1.165) is 32.5 Å². The van der Waals surface area contributed by atoms with Gasteiger partial charge in [-0.1, -0.05) is 13.8 Å². The van der Waals surface area contributed by atoms with Gasteiger partial charge in [-0.2, -0.15) is 0 Å². The van der Waals surface area contributed by atoms with E-state index in [-0.39, 0.29) is 11.7 Å². The number of likely N-dealkylation sites (N-methyl/N-ethyl adjacent to an activating group) is 1. The predicted molar refractivity (Wildman–Crippen MR) is 84.6 cm³/mol. The summed E-state index contributed by atoms with van der Waals surface area (Å²) in [6, 6.07) is 0. The number of rotatable bonds is 5. The molecule has 5 heteroatoms. The smallest absolute Gasteiger partial charge is 0.410 e. The van der Waals surface area contributed by atoms with Crippen molar-refractivity contribution < 1.29 is 14.3 Å². The molecule has 1 heterocycles. The standard InChI is InChI=1S/C16H32N2O3/c1-7-17(8-2)13-16(20-6)9-11-18(12-10-16)14(19)21-15(3,4)5/h7-13H2,1-6H3. The lowest BCUT2D eigenvalue weighted by Gasteiger charge is -2.43. The molecule has 124 valence electrons. The summed E-state index contributed by atoms with van der Waals surface area (Å²) in [5.41, 5.74) is -0.571. The van der Waals surface area contributed by atoms with Crippen molar-refractivity contribution >= 4 is 6.09 Å². The summed E-state index contributed by atoms with van der Waals surface area (Å²) in [5, 5.41) is 0. The van der Waals surface area contributed by atoms with E-state index in [0.29, 0.717) is 13.1 Å². The number of likely N-dealkylation sites (tertiary alicyclic amines) is 1. The van der Waals surface area contributed by atoms with Gasteiger partial charge < -0.3 is 19.3 Å². The summed E-state index contributed by atoms with van der Waals surface area (Å²) in [4.78, 5) is 16.3. The van der Waals surface area contributed by atoms with Crippen LogP contribution in [0.15, 0.2) is 0 Å². The fourth-order valence-corrected chi connectivity index (χ4v) is 2.70. The first kappa shape index (κ1) is 18.2. The summed E-state index contributed by atoms with van der Waals surface area (Å²) in [5.74, 6) is 0. The van der Waals surface area contributed by atoms with Crippen LogP contribution < -0.4 is 0 Å². The molecule has 0 aromatic carbocycles. The van der Waals surface area contributed by atoms with E-state index in [1.807, 2.05) is 20.8 Å².